The summed E-state index contributed by atoms with van der Waals surface area (Å²) in [6, 6.07) is -1.92. The molecule has 7 heteroatoms. The number of nitrogens with one attached hydrogen (secondary N) is 1. The third-order valence-electron chi connectivity index (χ3n) is 1.84. The van der Waals surface area contributed by atoms with Gasteiger partial charge in [-0.3, -0.25) is 5.84 Å². The van der Waals surface area contributed by atoms with Gasteiger partial charge in [-0.2, -0.15) is 13.2 Å². The highest BCUT2D eigenvalue weighted by molar-refractivity contribution is 5.01. The first-order chi connectivity index (χ1) is 6.50. The molecule has 3 N–H and O–H groups in total. The lowest BCUT2D eigenvalue weighted by Crippen LogP contribution is -2.40. The number of halogens is 3. The van der Waals surface area contributed by atoms with Gasteiger partial charge in [0.2, 0.25) is 0 Å². The second-order valence-electron chi connectivity index (χ2n) is 2.71. The lowest BCUT2D eigenvalue weighted by atomic mass is 10.3. The van der Waals surface area contributed by atoms with Crippen LogP contribution in [0.2, 0.25) is 0 Å². The van der Waals surface area contributed by atoms with Crippen molar-refractivity contribution in [1.29, 1.82) is 0 Å². The van der Waals surface area contributed by atoms with Crippen LogP contribution in [0.4, 0.5) is 13.2 Å². The third-order valence-corrected chi connectivity index (χ3v) is 1.84. The van der Waals surface area contributed by atoms with Crippen molar-refractivity contribution in [3.8, 4) is 0 Å². The maximum atomic E-state index is 12.4. The fraction of sp³-hybridized carbons (Fsp3) is 0.571. The molecule has 0 aliphatic rings. The van der Waals surface area contributed by atoms with Gasteiger partial charge in [-0.15, -0.1) is 0 Å². The Morgan fingerprint density at radius 3 is 2.71 bits per heavy atom. The molecule has 1 rings (SSSR count). The van der Waals surface area contributed by atoms with Crippen LogP contribution in [0.25, 0.3) is 0 Å². The van der Waals surface area contributed by atoms with Gasteiger partial charge in [0.1, 0.15) is 5.82 Å². The zero-order valence-electron chi connectivity index (χ0n) is 7.54. The SMILES string of the molecule is CCn1ccnc1C(NN)C(F)(F)F. The number of aromatic nitrogens is 2. The molecule has 0 saturated carbocycles. The number of aryl methyl sites for hydroxylation is 1. The van der Waals surface area contributed by atoms with Gasteiger partial charge in [-0.05, 0) is 6.92 Å². The second kappa shape index (κ2) is 3.97. The molecule has 0 saturated heterocycles. The van der Waals surface area contributed by atoms with Gasteiger partial charge < -0.3 is 4.57 Å². The standard InChI is InChI=1S/C7H11F3N4/c1-2-14-4-3-12-6(14)5(13-11)7(8,9)10/h3-5,13H,2,11H2,1H3. The smallest absolute Gasteiger partial charge is 0.334 e. The Morgan fingerprint density at radius 2 is 2.29 bits per heavy atom. The van der Waals surface area contributed by atoms with Crippen molar-refractivity contribution >= 4 is 0 Å². The van der Waals surface area contributed by atoms with Crippen LogP contribution >= 0.6 is 0 Å². The number of nitrogens with two attached hydrogens (primary N) is 1. The molecule has 0 aliphatic carbocycles. The quantitative estimate of drug-likeness (QED) is 0.574. The van der Waals surface area contributed by atoms with E-state index in [1.54, 1.807) is 12.3 Å². The molecule has 14 heavy (non-hydrogen) atoms. The van der Waals surface area contributed by atoms with E-state index in [4.69, 9.17) is 5.84 Å². The molecule has 80 valence electrons. The lowest BCUT2D eigenvalue weighted by Gasteiger charge is -2.19. The van der Waals surface area contributed by atoms with Crippen molar-refractivity contribution in [1.82, 2.24) is 15.0 Å². The van der Waals surface area contributed by atoms with E-state index in [0.717, 1.165) is 0 Å². The summed E-state index contributed by atoms with van der Waals surface area (Å²) in [7, 11) is 0. The molecule has 0 bridgehead atoms. The Labute approximate surface area is 78.9 Å². The van der Waals surface area contributed by atoms with Gasteiger partial charge in [-0.25, -0.2) is 10.4 Å². The van der Waals surface area contributed by atoms with Crippen molar-refractivity contribution in [3.63, 3.8) is 0 Å². The highest BCUT2D eigenvalue weighted by Crippen LogP contribution is 2.30. The topological polar surface area (TPSA) is 55.9 Å². The predicted octanol–water partition coefficient (Wildman–Crippen LogP) is 0.970. The van der Waals surface area contributed by atoms with Crippen LogP contribution in [0.15, 0.2) is 12.4 Å². The maximum Gasteiger partial charge on any atom is 0.412 e. The molecular weight excluding hydrogens is 197 g/mol. The Balaban J connectivity index is 3.01. The van der Waals surface area contributed by atoms with Gasteiger partial charge in [0, 0.05) is 18.9 Å². The first kappa shape index (κ1) is 11.0. The molecule has 0 aliphatic heterocycles. The monoisotopic (exact) mass is 208 g/mol. The molecule has 1 aromatic heterocycles. The average Bonchev–Trinajstić information content (AvgIpc) is 2.51. The lowest BCUT2D eigenvalue weighted by molar-refractivity contribution is -0.160. The number of hydrogen-bond donors (Lipinski definition) is 2. The molecule has 0 aromatic carbocycles. The van der Waals surface area contributed by atoms with Crippen LogP contribution in [-0.2, 0) is 6.54 Å². The van der Waals surface area contributed by atoms with Gasteiger partial charge in [0.05, 0.1) is 0 Å². The Hall–Kier alpha value is -1.08. The number of imidazole rings is 1. The van der Waals surface area contributed by atoms with Crippen LogP contribution < -0.4 is 11.3 Å². The van der Waals surface area contributed by atoms with E-state index in [-0.39, 0.29) is 5.82 Å². The molecule has 4 nitrogen and oxygen atoms in total. The van der Waals surface area contributed by atoms with E-state index < -0.39 is 12.2 Å². The number of alkyl halides is 3. The highest BCUT2D eigenvalue weighted by Gasteiger charge is 2.42. The van der Waals surface area contributed by atoms with Crippen molar-refractivity contribution in [2.24, 2.45) is 5.84 Å². The normalized spacial score (nSPS) is 14.4. The van der Waals surface area contributed by atoms with Crippen molar-refractivity contribution < 1.29 is 13.2 Å². The summed E-state index contributed by atoms with van der Waals surface area (Å²) in [4.78, 5) is 3.63. The Bertz CT molecular complexity index is 293. The summed E-state index contributed by atoms with van der Waals surface area (Å²) in [6.45, 7) is 2.15. The molecule has 0 amide bonds. The van der Waals surface area contributed by atoms with Gasteiger partial charge >= 0.3 is 6.18 Å². The first-order valence-electron chi connectivity index (χ1n) is 4.04. The minimum Gasteiger partial charge on any atom is -0.334 e. The number of hydrazine groups is 1. The minimum atomic E-state index is -4.44. The number of rotatable bonds is 3. The molecule has 0 spiro atoms. The van der Waals surface area contributed by atoms with E-state index in [2.05, 4.69) is 4.98 Å². The first-order valence-corrected chi connectivity index (χ1v) is 4.04. The molecule has 1 heterocycles. The van der Waals surface area contributed by atoms with Crippen LogP contribution in [-0.4, -0.2) is 15.7 Å². The van der Waals surface area contributed by atoms with Crippen molar-refractivity contribution in [3.05, 3.63) is 18.2 Å². The van der Waals surface area contributed by atoms with Crippen molar-refractivity contribution in [2.45, 2.75) is 25.7 Å². The third kappa shape index (κ3) is 2.05. The Kier molecular flexibility index (Phi) is 3.12. The van der Waals surface area contributed by atoms with Crippen LogP contribution in [0, 0.1) is 0 Å². The molecule has 1 unspecified atom stereocenters. The zero-order valence-corrected chi connectivity index (χ0v) is 7.54. The second-order valence-corrected chi connectivity index (χ2v) is 2.71. The van der Waals surface area contributed by atoms with E-state index in [1.165, 1.54) is 17.0 Å². The van der Waals surface area contributed by atoms with Gasteiger partial charge in [-0.1, -0.05) is 0 Å². The minimum absolute atomic E-state index is 0.123. The zero-order chi connectivity index (χ0) is 10.8. The average molecular weight is 208 g/mol. The predicted molar refractivity (Wildman–Crippen MR) is 44.0 cm³/mol. The summed E-state index contributed by atoms with van der Waals surface area (Å²) in [5.41, 5.74) is 1.71. The largest absolute Gasteiger partial charge is 0.412 e. The molecule has 0 fully saturated rings. The van der Waals surface area contributed by atoms with E-state index in [9.17, 15) is 13.2 Å². The molecular formula is C7H11F3N4. The van der Waals surface area contributed by atoms with Crippen molar-refractivity contribution in [2.75, 3.05) is 0 Å². The summed E-state index contributed by atoms with van der Waals surface area (Å²) < 4.78 is 38.6. The fourth-order valence-electron chi connectivity index (χ4n) is 1.16. The van der Waals surface area contributed by atoms with Gasteiger partial charge in [0.15, 0.2) is 6.04 Å². The van der Waals surface area contributed by atoms with E-state index in [1.807, 2.05) is 0 Å². The Morgan fingerprint density at radius 1 is 1.64 bits per heavy atom. The number of hydrogen-bond acceptors (Lipinski definition) is 3. The number of nitrogens with zero attached hydrogens (tertiary/aromatic N) is 2. The summed E-state index contributed by atoms with van der Waals surface area (Å²) >= 11 is 0. The maximum absolute atomic E-state index is 12.4. The summed E-state index contributed by atoms with van der Waals surface area (Å²) in [5, 5.41) is 0. The van der Waals surface area contributed by atoms with Crippen LogP contribution in [0.3, 0.4) is 0 Å². The molecule has 0 radical (unpaired) electrons. The highest BCUT2D eigenvalue weighted by atomic mass is 19.4. The fourth-order valence-corrected chi connectivity index (χ4v) is 1.16. The molecule has 1 aromatic rings. The van der Waals surface area contributed by atoms with Crippen LogP contribution in [0.5, 0.6) is 0 Å². The summed E-state index contributed by atoms with van der Waals surface area (Å²) in [5.74, 6) is 4.73. The van der Waals surface area contributed by atoms with Gasteiger partial charge in [0.25, 0.3) is 0 Å². The van der Waals surface area contributed by atoms with E-state index in [0.29, 0.717) is 6.54 Å². The van der Waals surface area contributed by atoms with E-state index >= 15 is 0 Å². The molecule has 1 atom stereocenters. The van der Waals surface area contributed by atoms with Crippen LogP contribution in [0.1, 0.15) is 18.8 Å². The summed E-state index contributed by atoms with van der Waals surface area (Å²) in [6.07, 6.45) is -1.65.